The Balaban J connectivity index is 2.32. The molecule has 2 rings (SSSR count). The second-order valence-electron chi connectivity index (χ2n) is 3.30. The summed E-state index contributed by atoms with van der Waals surface area (Å²) in [5.41, 5.74) is 8.02. The molecular weight excluding hydrogens is 204 g/mol. The molecule has 5 heteroatoms. The molecule has 0 amide bonds. The zero-order chi connectivity index (χ0) is 11.4. The third-order valence-corrected chi connectivity index (χ3v) is 2.12. The quantitative estimate of drug-likeness (QED) is 0.750. The summed E-state index contributed by atoms with van der Waals surface area (Å²) in [6.07, 6.45) is 1.69. The van der Waals surface area contributed by atoms with Crippen molar-refractivity contribution in [3.8, 4) is 11.3 Å². The van der Waals surface area contributed by atoms with Crippen LogP contribution in [-0.2, 0) is 11.4 Å². The van der Waals surface area contributed by atoms with E-state index in [4.69, 9.17) is 11.6 Å². The topological polar surface area (TPSA) is 87.0 Å². The van der Waals surface area contributed by atoms with Crippen molar-refractivity contribution in [2.24, 2.45) is 5.90 Å². The highest BCUT2D eigenvalue weighted by Crippen LogP contribution is 2.16. The molecule has 82 valence electrons. The lowest BCUT2D eigenvalue weighted by molar-refractivity contribution is 0.121. The number of pyridine rings is 2. The number of hydrogen-bond donors (Lipinski definition) is 2. The molecule has 0 saturated heterocycles. The van der Waals surface area contributed by atoms with Gasteiger partial charge in [-0.15, -0.1) is 0 Å². The number of anilines is 1. The molecule has 0 aliphatic heterocycles. The van der Waals surface area contributed by atoms with Crippen LogP contribution in [0.3, 0.4) is 0 Å². The molecule has 16 heavy (non-hydrogen) atoms. The SMILES string of the molecule is NOCc1cccc(-c2ccc(N)nc2)n1. The van der Waals surface area contributed by atoms with Gasteiger partial charge in [0, 0.05) is 11.8 Å². The normalized spacial score (nSPS) is 10.3. The number of nitrogens with two attached hydrogens (primary N) is 2. The average Bonchev–Trinajstić information content (AvgIpc) is 2.31. The Morgan fingerprint density at radius 1 is 1.19 bits per heavy atom. The molecule has 2 heterocycles. The average molecular weight is 216 g/mol. The lowest BCUT2D eigenvalue weighted by atomic mass is 10.2. The van der Waals surface area contributed by atoms with Crippen molar-refractivity contribution in [1.82, 2.24) is 9.97 Å². The fraction of sp³-hybridized carbons (Fsp3) is 0.0909. The van der Waals surface area contributed by atoms with Gasteiger partial charge in [0.05, 0.1) is 11.4 Å². The van der Waals surface area contributed by atoms with E-state index in [0.717, 1.165) is 17.0 Å². The Hall–Kier alpha value is -1.98. The molecule has 0 spiro atoms. The van der Waals surface area contributed by atoms with Crippen LogP contribution in [0.4, 0.5) is 5.82 Å². The Kier molecular flexibility index (Phi) is 3.09. The summed E-state index contributed by atoms with van der Waals surface area (Å²) < 4.78 is 0. The first-order valence-electron chi connectivity index (χ1n) is 4.79. The highest BCUT2D eigenvalue weighted by Gasteiger charge is 2.01. The number of nitrogen functional groups attached to an aromatic ring is 1. The molecule has 0 unspecified atom stereocenters. The molecule has 0 radical (unpaired) electrons. The van der Waals surface area contributed by atoms with E-state index >= 15 is 0 Å². The Labute approximate surface area is 93.0 Å². The van der Waals surface area contributed by atoms with Crippen molar-refractivity contribution in [3.63, 3.8) is 0 Å². The third kappa shape index (κ3) is 2.33. The predicted molar refractivity (Wildman–Crippen MR) is 60.9 cm³/mol. The summed E-state index contributed by atoms with van der Waals surface area (Å²) in [5.74, 6) is 5.49. The second kappa shape index (κ2) is 4.69. The molecule has 0 bridgehead atoms. The zero-order valence-electron chi connectivity index (χ0n) is 8.63. The number of aromatic nitrogens is 2. The lowest BCUT2D eigenvalue weighted by Crippen LogP contribution is -2.01. The van der Waals surface area contributed by atoms with E-state index in [1.807, 2.05) is 24.3 Å². The van der Waals surface area contributed by atoms with Crippen molar-refractivity contribution >= 4 is 5.82 Å². The summed E-state index contributed by atoms with van der Waals surface area (Å²) >= 11 is 0. The van der Waals surface area contributed by atoms with Crippen LogP contribution in [-0.4, -0.2) is 9.97 Å². The van der Waals surface area contributed by atoms with E-state index < -0.39 is 0 Å². The molecule has 2 aromatic rings. The fourth-order valence-electron chi connectivity index (χ4n) is 1.36. The van der Waals surface area contributed by atoms with Crippen molar-refractivity contribution in [2.75, 3.05) is 5.73 Å². The number of hydrogen-bond acceptors (Lipinski definition) is 5. The minimum Gasteiger partial charge on any atom is -0.384 e. The summed E-state index contributed by atoms with van der Waals surface area (Å²) in [4.78, 5) is 12.9. The van der Waals surface area contributed by atoms with Crippen LogP contribution >= 0.6 is 0 Å². The fourth-order valence-corrected chi connectivity index (χ4v) is 1.36. The van der Waals surface area contributed by atoms with Crippen LogP contribution < -0.4 is 11.6 Å². The van der Waals surface area contributed by atoms with Crippen molar-refractivity contribution < 1.29 is 4.84 Å². The highest BCUT2D eigenvalue weighted by atomic mass is 16.6. The largest absolute Gasteiger partial charge is 0.384 e. The Morgan fingerprint density at radius 2 is 2.06 bits per heavy atom. The molecule has 2 aromatic heterocycles. The molecule has 0 aliphatic carbocycles. The van der Waals surface area contributed by atoms with Crippen LogP contribution in [0, 0.1) is 0 Å². The first-order valence-corrected chi connectivity index (χ1v) is 4.79. The van der Waals surface area contributed by atoms with E-state index in [0.29, 0.717) is 5.82 Å². The third-order valence-electron chi connectivity index (χ3n) is 2.12. The van der Waals surface area contributed by atoms with Crippen molar-refractivity contribution in [2.45, 2.75) is 6.61 Å². The van der Waals surface area contributed by atoms with E-state index in [2.05, 4.69) is 14.8 Å². The first kappa shape index (κ1) is 10.5. The molecule has 0 aromatic carbocycles. The maximum atomic E-state index is 5.51. The van der Waals surface area contributed by atoms with Gasteiger partial charge in [0.25, 0.3) is 0 Å². The van der Waals surface area contributed by atoms with Gasteiger partial charge < -0.3 is 5.73 Å². The standard InChI is InChI=1S/C11H12N4O/c12-11-5-4-8(6-14-11)10-3-1-2-9(15-10)7-16-13/h1-6H,7,13H2,(H2,12,14). The Bertz CT molecular complexity index is 470. The van der Waals surface area contributed by atoms with Crippen LogP contribution in [0.15, 0.2) is 36.5 Å². The Morgan fingerprint density at radius 3 is 2.75 bits per heavy atom. The minimum atomic E-state index is 0.288. The lowest BCUT2D eigenvalue weighted by Gasteiger charge is -2.03. The van der Waals surface area contributed by atoms with Crippen LogP contribution in [0.1, 0.15) is 5.69 Å². The molecule has 4 N–H and O–H groups in total. The van der Waals surface area contributed by atoms with E-state index in [9.17, 15) is 0 Å². The molecule has 0 saturated carbocycles. The summed E-state index contributed by atoms with van der Waals surface area (Å²) in [5, 5.41) is 0. The van der Waals surface area contributed by atoms with E-state index in [1.165, 1.54) is 0 Å². The van der Waals surface area contributed by atoms with Crippen molar-refractivity contribution in [3.05, 3.63) is 42.2 Å². The predicted octanol–water partition coefficient (Wildman–Crippen LogP) is 1.12. The smallest absolute Gasteiger partial charge is 0.123 e. The van der Waals surface area contributed by atoms with Gasteiger partial charge in [0.2, 0.25) is 0 Å². The van der Waals surface area contributed by atoms with Crippen molar-refractivity contribution in [1.29, 1.82) is 0 Å². The molecule has 5 nitrogen and oxygen atoms in total. The zero-order valence-corrected chi connectivity index (χ0v) is 8.63. The molecule has 0 fully saturated rings. The summed E-state index contributed by atoms with van der Waals surface area (Å²) in [6, 6.07) is 9.25. The monoisotopic (exact) mass is 216 g/mol. The first-order chi connectivity index (χ1) is 7.79. The van der Waals surface area contributed by atoms with Gasteiger partial charge in [0.15, 0.2) is 0 Å². The highest BCUT2D eigenvalue weighted by molar-refractivity contribution is 5.59. The minimum absolute atomic E-state index is 0.288. The summed E-state index contributed by atoms with van der Waals surface area (Å²) in [7, 11) is 0. The van der Waals surface area contributed by atoms with E-state index in [1.54, 1.807) is 12.3 Å². The molecule has 0 aliphatic rings. The van der Waals surface area contributed by atoms with Gasteiger partial charge in [-0.2, -0.15) is 0 Å². The van der Waals surface area contributed by atoms with Gasteiger partial charge in [0.1, 0.15) is 12.4 Å². The number of rotatable bonds is 3. The van der Waals surface area contributed by atoms with Gasteiger partial charge in [-0.3, -0.25) is 9.82 Å². The maximum Gasteiger partial charge on any atom is 0.123 e. The summed E-state index contributed by atoms with van der Waals surface area (Å²) in [6.45, 7) is 0.288. The molecular formula is C11H12N4O. The van der Waals surface area contributed by atoms with E-state index in [-0.39, 0.29) is 6.61 Å². The van der Waals surface area contributed by atoms with Crippen LogP contribution in [0.5, 0.6) is 0 Å². The molecule has 0 atom stereocenters. The van der Waals surface area contributed by atoms with Crippen LogP contribution in [0.2, 0.25) is 0 Å². The van der Waals surface area contributed by atoms with Gasteiger partial charge in [-0.05, 0) is 24.3 Å². The maximum absolute atomic E-state index is 5.51. The number of nitrogens with zero attached hydrogens (tertiary/aromatic N) is 2. The van der Waals surface area contributed by atoms with Crippen LogP contribution in [0.25, 0.3) is 11.3 Å². The van der Waals surface area contributed by atoms with Gasteiger partial charge in [-0.25, -0.2) is 10.9 Å². The van der Waals surface area contributed by atoms with Gasteiger partial charge in [-0.1, -0.05) is 6.07 Å². The second-order valence-corrected chi connectivity index (χ2v) is 3.30. The van der Waals surface area contributed by atoms with Gasteiger partial charge >= 0.3 is 0 Å².